The van der Waals surface area contributed by atoms with Gasteiger partial charge in [0.05, 0.1) is 0 Å². The van der Waals surface area contributed by atoms with Crippen LogP contribution in [-0.2, 0) is 17.8 Å². The molecule has 3 nitrogen and oxygen atoms in total. The second-order valence-electron chi connectivity index (χ2n) is 7.04. The molecule has 0 bridgehead atoms. The van der Waals surface area contributed by atoms with Gasteiger partial charge in [-0.05, 0) is 41.3 Å². The molecule has 4 heteroatoms. The minimum absolute atomic E-state index is 0.528. The number of rotatable bonds is 13. The van der Waals surface area contributed by atoms with Gasteiger partial charge in [0.15, 0.2) is 0 Å². The molecule has 0 saturated heterocycles. The van der Waals surface area contributed by atoms with Gasteiger partial charge >= 0.3 is 11.4 Å². The fraction of sp³-hybridized carbons (Fsp3) is 0.545. The molecule has 1 unspecified atom stereocenters. The number of hydrogen-bond donors (Lipinski definition) is 1. The fourth-order valence-corrected chi connectivity index (χ4v) is 3.73. The molecular formula is C22H32O3S. The molecular weight excluding hydrogens is 344 g/mol. The zero-order valence-electron chi connectivity index (χ0n) is 15.9. The maximum absolute atomic E-state index is 11.1. The Kier molecular flexibility index (Phi) is 9.72. The molecule has 0 aliphatic heterocycles. The molecule has 1 atom stereocenters. The molecule has 0 radical (unpaired) electrons. The van der Waals surface area contributed by atoms with Crippen molar-refractivity contribution < 1.29 is 12.9 Å². The van der Waals surface area contributed by atoms with Crippen LogP contribution in [0.4, 0.5) is 0 Å². The third-order valence-corrected chi connectivity index (χ3v) is 5.21. The molecule has 0 aromatic heterocycles. The van der Waals surface area contributed by atoms with Gasteiger partial charge in [0.25, 0.3) is 0 Å². The van der Waals surface area contributed by atoms with Gasteiger partial charge in [0.1, 0.15) is 5.75 Å². The second-order valence-corrected chi connectivity index (χ2v) is 7.64. The van der Waals surface area contributed by atoms with E-state index in [-0.39, 0.29) is 0 Å². The fourth-order valence-electron chi connectivity index (χ4n) is 3.42. The van der Waals surface area contributed by atoms with Gasteiger partial charge in [-0.15, -0.1) is 0 Å². The largest absolute Gasteiger partial charge is 0.380 e. The van der Waals surface area contributed by atoms with Crippen molar-refractivity contribution in [1.82, 2.24) is 0 Å². The minimum Gasteiger partial charge on any atom is -0.380 e. The lowest BCUT2D eigenvalue weighted by atomic mass is 10.0. The minimum atomic E-state index is -2.29. The summed E-state index contributed by atoms with van der Waals surface area (Å²) in [6.45, 7) is 2.25. The van der Waals surface area contributed by atoms with E-state index in [1.54, 1.807) is 0 Å². The molecule has 2 rings (SSSR count). The van der Waals surface area contributed by atoms with E-state index in [0.717, 1.165) is 29.2 Å². The average molecular weight is 377 g/mol. The zero-order valence-corrected chi connectivity index (χ0v) is 16.7. The van der Waals surface area contributed by atoms with Crippen LogP contribution < -0.4 is 4.18 Å². The van der Waals surface area contributed by atoms with E-state index in [2.05, 4.69) is 19.1 Å². The van der Waals surface area contributed by atoms with Crippen LogP contribution in [0.1, 0.15) is 76.7 Å². The summed E-state index contributed by atoms with van der Waals surface area (Å²) in [7, 11) is 0. The molecule has 0 amide bonds. The first-order chi connectivity index (χ1) is 12.7. The quantitative estimate of drug-likeness (QED) is 0.308. The highest BCUT2D eigenvalue weighted by Crippen LogP contribution is 2.28. The normalized spacial score (nSPS) is 12.4. The van der Waals surface area contributed by atoms with E-state index in [1.165, 1.54) is 57.8 Å². The van der Waals surface area contributed by atoms with Gasteiger partial charge in [-0.25, -0.2) is 0 Å². The van der Waals surface area contributed by atoms with Gasteiger partial charge in [0.2, 0.25) is 0 Å². The number of unbranched alkanes of at least 4 members (excludes halogenated alkanes) is 9. The highest BCUT2D eigenvalue weighted by molar-refractivity contribution is 7.74. The Morgan fingerprint density at radius 3 is 1.96 bits per heavy atom. The van der Waals surface area contributed by atoms with E-state index in [1.807, 2.05) is 24.3 Å². The highest BCUT2D eigenvalue weighted by atomic mass is 32.2. The third kappa shape index (κ3) is 7.46. The van der Waals surface area contributed by atoms with Crippen LogP contribution in [0.15, 0.2) is 36.4 Å². The van der Waals surface area contributed by atoms with E-state index in [0.29, 0.717) is 5.75 Å². The van der Waals surface area contributed by atoms with Crippen molar-refractivity contribution >= 4 is 22.1 Å². The maximum Gasteiger partial charge on any atom is 0.357 e. The first-order valence-electron chi connectivity index (χ1n) is 10.0. The monoisotopic (exact) mass is 376 g/mol. The van der Waals surface area contributed by atoms with Crippen molar-refractivity contribution in [3.63, 3.8) is 0 Å². The highest BCUT2D eigenvalue weighted by Gasteiger charge is 2.09. The smallest absolute Gasteiger partial charge is 0.357 e. The molecule has 2 aromatic rings. The van der Waals surface area contributed by atoms with Gasteiger partial charge in [-0.2, -0.15) is 4.21 Å². The first-order valence-corrected chi connectivity index (χ1v) is 11.0. The van der Waals surface area contributed by atoms with Gasteiger partial charge in [0, 0.05) is 0 Å². The number of benzene rings is 2. The van der Waals surface area contributed by atoms with Gasteiger partial charge in [-0.3, -0.25) is 4.55 Å². The van der Waals surface area contributed by atoms with Crippen LogP contribution in [0.25, 0.3) is 10.8 Å². The maximum atomic E-state index is 11.1. The Morgan fingerprint density at radius 1 is 0.846 bits per heavy atom. The van der Waals surface area contributed by atoms with Crippen LogP contribution >= 0.6 is 0 Å². The van der Waals surface area contributed by atoms with Crippen molar-refractivity contribution in [3.05, 3.63) is 42.0 Å². The summed E-state index contributed by atoms with van der Waals surface area (Å²) >= 11 is -2.29. The summed E-state index contributed by atoms with van der Waals surface area (Å²) < 4.78 is 25.3. The van der Waals surface area contributed by atoms with Crippen LogP contribution in [0.3, 0.4) is 0 Å². The van der Waals surface area contributed by atoms with E-state index in [4.69, 9.17) is 8.74 Å². The standard InChI is InChI=1S/C22H32O3S/c1-2-3-4-5-6-7-8-9-10-11-16-21-17-19-14-12-13-15-20(19)18-22(21)25-26(23)24/h12-15,17-18H,2-11,16H2,1H3,(H,23,24). The van der Waals surface area contributed by atoms with Crippen molar-refractivity contribution in [1.29, 1.82) is 0 Å². The Hall–Kier alpha value is -1.39. The lowest BCUT2D eigenvalue weighted by Gasteiger charge is -2.10. The summed E-state index contributed by atoms with van der Waals surface area (Å²) in [5.74, 6) is 0.528. The van der Waals surface area contributed by atoms with Crippen LogP contribution in [0.5, 0.6) is 5.75 Å². The second kappa shape index (κ2) is 12.1. The molecule has 26 heavy (non-hydrogen) atoms. The molecule has 0 aliphatic rings. The summed E-state index contributed by atoms with van der Waals surface area (Å²) in [5.41, 5.74) is 1.02. The average Bonchev–Trinajstić information content (AvgIpc) is 2.63. The predicted octanol–water partition coefficient (Wildman–Crippen LogP) is 6.82. The van der Waals surface area contributed by atoms with Gasteiger partial charge in [-0.1, -0.05) is 89.0 Å². The Balaban J connectivity index is 1.77. The number of aryl methyl sites for hydroxylation is 1. The number of hydrogen-bond acceptors (Lipinski definition) is 2. The van der Waals surface area contributed by atoms with Crippen LogP contribution in [0.2, 0.25) is 0 Å². The van der Waals surface area contributed by atoms with Crippen molar-refractivity contribution in [2.24, 2.45) is 0 Å². The van der Waals surface area contributed by atoms with Crippen LogP contribution in [-0.4, -0.2) is 8.76 Å². The van der Waals surface area contributed by atoms with Crippen molar-refractivity contribution in [3.8, 4) is 5.75 Å². The van der Waals surface area contributed by atoms with E-state index < -0.39 is 11.4 Å². The molecule has 0 heterocycles. The molecule has 1 N–H and O–H groups in total. The van der Waals surface area contributed by atoms with Crippen LogP contribution in [0, 0.1) is 0 Å². The predicted molar refractivity (Wildman–Crippen MR) is 111 cm³/mol. The van der Waals surface area contributed by atoms with Crippen molar-refractivity contribution in [2.45, 2.75) is 77.6 Å². The SMILES string of the molecule is CCCCCCCCCCCCc1cc2ccccc2cc1OS(=O)O. The Bertz CT molecular complexity index is 684. The van der Waals surface area contributed by atoms with Crippen molar-refractivity contribution in [2.75, 3.05) is 0 Å². The lowest BCUT2D eigenvalue weighted by molar-refractivity contribution is 0.455. The molecule has 144 valence electrons. The summed E-state index contributed by atoms with van der Waals surface area (Å²) in [6, 6.07) is 12.0. The molecule has 0 aliphatic carbocycles. The summed E-state index contributed by atoms with van der Waals surface area (Å²) in [5, 5.41) is 2.17. The molecule has 0 saturated carbocycles. The molecule has 0 spiro atoms. The topological polar surface area (TPSA) is 46.5 Å². The van der Waals surface area contributed by atoms with E-state index in [9.17, 15) is 4.21 Å². The van der Waals surface area contributed by atoms with Gasteiger partial charge < -0.3 is 4.18 Å². The lowest BCUT2D eigenvalue weighted by Crippen LogP contribution is -2.01. The number of fused-ring (bicyclic) bond motifs is 1. The van der Waals surface area contributed by atoms with E-state index >= 15 is 0 Å². The summed E-state index contributed by atoms with van der Waals surface area (Å²) in [4.78, 5) is 0. The zero-order chi connectivity index (χ0) is 18.6. The third-order valence-electron chi connectivity index (χ3n) is 4.89. The Morgan fingerprint density at radius 2 is 1.38 bits per heavy atom. The Labute approximate surface area is 160 Å². The molecule has 0 fully saturated rings. The summed E-state index contributed by atoms with van der Waals surface area (Å²) in [6.07, 6.45) is 13.9. The molecule has 2 aromatic carbocycles. The first kappa shape index (κ1) is 20.9.